The Hall–Kier alpha value is -1.56. The highest BCUT2D eigenvalue weighted by Gasteiger charge is 2.14. The van der Waals surface area contributed by atoms with Crippen molar-refractivity contribution in [2.75, 3.05) is 0 Å². The van der Waals surface area contributed by atoms with Gasteiger partial charge in [-0.15, -0.1) is 0 Å². The molecule has 22 heavy (non-hydrogen) atoms. The highest BCUT2D eigenvalue weighted by molar-refractivity contribution is 6.36. The van der Waals surface area contributed by atoms with Crippen LogP contribution >= 0.6 is 34.8 Å². The molecule has 0 fully saturated rings. The van der Waals surface area contributed by atoms with Crippen LogP contribution in [0.15, 0.2) is 23.3 Å². The standard InChI is InChI=1S/C14H13Cl3N4O/c1-8-10(6-18-19-9(2)22)14(17)21(20-8)7-11-12(15)4-3-5-13(11)16/h3-6H,7H2,1-2H3,(H,19,22)/b18-6-. The van der Waals surface area contributed by atoms with Crippen molar-refractivity contribution in [2.45, 2.75) is 20.4 Å². The minimum Gasteiger partial charge on any atom is -0.274 e. The van der Waals surface area contributed by atoms with Gasteiger partial charge < -0.3 is 0 Å². The van der Waals surface area contributed by atoms with Gasteiger partial charge >= 0.3 is 0 Å². The number of rotatable bonds is 4. The summed E-state index contributed by atoms with van der Waals surface area (Å²) in [5.74, 6) is -0.264. The Morgan fingerprint density at radius 3 is 2.59 bits per heavy atom. The van der Waals surface area contributed by atoms with Gasteiger partial charge in [0.2, 0.25) is 5.91 Å². The Kier molecular flexibility index (Phi) is 5.45. The SMILES string of the molecule is CC(=O)N/N=C\c1c(C)nn(Cc2c(Cl)cccc2Cl)c1Cl. The molecule has 0 aliphatic carbocycles. The van der Waals surface area contributed by atoms with Crippen LogP contribution in [0.25, 0.3) is 0 Å². The summed E-state index contributed by atoms with van der Waals surface area (Å²) in [6.07, 6.45) is 1.46. The molecule has 8 heteroatoms. The van der Waals surface area contributed by atoms with Gasteiger partial charge in [-0.2, -0.15) is 10.2 Å². The quantitative estimate of drug-likeness (QED) is 0.669. The second-order valence-electron chi connectivity index (χ2n) is 4.57. The monoisotopic (exact) mass is 358 g/mol. The van der Waals surface area contributed by atoms with Crippen molar-refractivity contribution in [1.29, 1.82) is 0 Å². The van der Waals surface area contributed by atoms with Crippen molar-refractivity contribution in [3.05, 3.63) is 50.2 Å². The second kappa shape index (κ2) is 7.13. The van der Waals surface area contributed by atoms with Crippen LogP contribution in [-0.2, 0) is 11.3 Å². The number of aryl methyl sites for hydroxylation is 1. The van der Waals surface area contributed by atoms with Crippen LogP contribution < -0.4 is 5.43 Å². The summed E-state index contributed by atoms with van der Waals surface area (Å²) >= 11 is 18.6. The lowest BCUT2D eigenvalue weighted by Gasteiger charge is -2.08. The van der Waals surface area contributed by atoms with E-state index in [-0.39, 0.29) is 5.91 Å². The van der Waals surface area contributed by atoms with Gasteiger partial charge in [0.1, 0.15) is 5.15 Å². The highest BCUT2D eigenvalue weighted by atomic mass is 35.5. The molecule has 1 amide bonds. The number of nitrogens with zero attached hydrogens (tertiary/aromatic N) is 3. The molecule has 0 spiro atoms. The fraction of sp³-hybridized carbons (Fsp3) is 0.214. The summed E-state index contributed by atoms with van der Waals surface area (Å²) in [5.41, 5.74) is 4.36. The first-order valence-corrected chi connectivity index (χ1v) is 7.49. The lowest BCUT2D eigenvalue weighted by Crippen LogP contribution is -2.12. The van der Waals surface area contributed by atoms with Crippen LogP contribution in [0.5, 0.6) is 0 Å². The third-order valence-electron chi connectivity index (χ3n) is 2.89. The molecular formula is C14H13Cl3N4O. The maximum Gasteiger partial charge on any atom is 0.236 e. The van der Waals surface area contributed by atoms with Crippen molar-refractivity contribution in [3.63, 3.8) is 0 Å². The zero-order chi connectivity index (χ0) is 16.3. The van der Waals surface area contributed by atoms with Crippen LogP contribution in [0.3, 0.4) is 0 Å². The summed E-state index contributed by atoms with van der Waals surface area (Å²) in [7, 11) is 0. The second-order valence-corrected chi connectivity index (χ2v) is 5.75. The van der Waals surface area contributed by atoms with Crippen LogP contribution in [0.2, 0.25) is 15.2 Å². The van der Waals surface area contributed by atoms with Crippen molar-refractivity contribution in [2.24, 2.45) is 5.10 Å². The van der Waals surface area contributed by atoms with Gasteiger partial charge in [0.15, 0.2) is 0 Å². The van der Waals surface area contributed by atoms with E-state index in [1.165, 1.54) is 13.1 Å². The lowest BCUT2D eigenvalue weighted by atomic mass is 10.2. The van der Waals surface area contributed by atoms with Gasteiger partial charge in [0.05, 0.1) is 24.0 Å². The number of hydrogen-bond donors (Lipinski definition) is 1. The van der Waals surface area contributed by atoms with Crippen LogP contribution in [0.1, 0.15) is 23.7 Å². The maximum atomic E-state index is 10.8. The summed E-state index contributed by atoms with van der Waals surface area (Å²) in [6.45, 7) is 3.51. The maximum absolute atomic E-state index is 10.8. The Morgan fingerprint density at radius 1 is 1.36 bits per heavy atom. The Balaban J connectivity index is 2.30. The smallest absolute Gasteiger partial charge is 0.236 e. The summed E-state index contributed by atoms with van der Waals surface area (Å²) < 4.78 is 1.58. The number of amides is 1. The predicted molar refractivity (Wildman–Crippen MR) is 88.9 cm³/mol. The molecule has 0 atom stereocenters. The van der Waals surface area contributed by atoms with Crippen LogP contribution in [0.4, 0.5) is 0 Å². The van der Waals surface area contributed by atoms with Gasteiger partial charge in [-0.3, -0.25) is 4.79 Å². The van der Waals surface area contributed by atoms with Gasteiger partial charge in [-0.1, -0.05) is 40.9 Å². The van der Waals surface area contributed by atoms with E-state index >= 15 is 0 Å². The molecule has 1 aromatic heterocycles. The number of hydrazone groups is 1. The minimum atomic E-state index is -0.264. The average molecular weight is 360 g/mol. The molecular weight excluding hydrogens is 347 g/mol. The van der Waals surface area contributed by atoms with Crippen molar-refractivity contribution in [3.8, 4) is 0 Å². The molecule has 0 bridgehead atoms. The topological polar surface area (TPSA) is 59.3 Å². The average Bonchev–Trinajstić information content (AvgIpc) is 2.70. The Bertz CT molecular complexity index is 720. The van der Waals surface area contributed by atoms with E-state index in [0.29, 0.717) is 33.0 Å². The summed E-state index contributed by atoms with van der Waals surface area (Å²) in [6, 6.07) is 5.29. The zero-order valence-electron chi connectivity index (χ0n) is 11.9. The van der Waals surface area contributed by atoms with Crippen molar-refractivity contribution >= 4 is 46.9 Å². The normalized spacial score (nSPS) is 11.1. The number of carbonyl (C=O) groups is 1. The van der Waals surface area contributed by atoms with E-state index < -0.39 is 0 Å². The fourth-order valence-electron chi connectivity index (χ4n) is 1.84. The first kappa shape index (κ1) is 16.8. The van der Waals surface area contributed by atoms with E-state index in [9.17, 15) is 4.79 Å². The molecule has 1 aromatic carbocycles. The molecule has 0 saturated heterocycles. The van der Waals surface area contributed by atoms with Crippen LogP contribution in [-0.4, -0.2) is 21.9 Å². The first-order chi connectivity index (χ1) is 10.4. The van der Waals surface area contributed by atoms with E-state index in [1.54, 1.807) is 29.8 Å². The third-order valence-corrected chi connectivity index (χ3v) is 4.00. The molecule has 116 valence electrons. The minimum absolute atomic E-state index is 0.264. The summed E-state index contributed by atoms with van der Waals surface area (Å²) in [4.78, 5) is 10.8. The van der Waals surface area contributed by atoms with E-state index in [4.69, 9.17) is 34.8 Å². The van der Waals surface area contributed by atoms with E-state index in [2.05, 4.69) is 15.6 Å². The highest BCUT2D eigenvalue weighted by Crippen LogP contribution is 2.27. The number of nitrogens with one attached hydrogen (secondary N) is 1. The van der Waals surface area contributed by atoms with E-state index in [1.807, 2.05) is 0 Å². The Morgan fingerprint density at radius 2 is 2.00 bits per heavy atom. The molecule has 0 aliphatic rings. The third kappa shape index (κ3) is 3.80. The molecule has 1 heterocycles. The molecule has 2 aromatic rings. The molecule has 2 rings (SSSR count). The lowest BCUT2D eigenvalue weighted by molar-refractivity contribution is -0.118. The molecule has 0 radical (unpaired) electrons. The molecule has 0 saturated carbocycles. The van der Waals surface area contributed by atoms with Gasteiger partial charge in [0.25, 0.3) is 0 Å². The van der Waals surface area contributed by atoms with E-state index in [0.717, 1.165) is 5.56 Å². The van der Waals surface area contributed by atoms with Gasteiger partial charge in [0, 0.05) is 22.5 Å². The van der Waals surface area contributed by atoms with Crippen molar-refractivity contribution in [1.82, 2.24) is 15.2 Å². The number of halogens is 3. The number of carbonyl (C=O) groups excluding carboxylic acids is 1. The first-order valence-electron chi connectivity index (χ1n) is 6.35. The van der Waals surface area contributed by atoms with Gasteiger partial charge in [-0.25, -0.2) is 10.1 Å². The Labute approximate surface area is 142 Å². The fourth-order valence-corrected chi connectivity index (χ4v) is 2.64. The number of aromatic nitrogens is 2. The number of benzene rings is 1. The predicted octanol–water partition coefficient (Wildman–Crippen LogP) is 3.67. The van der Waals surface area contributed by atoms with Crippen molar-refractivity contribution < 1.29 is 4.79 Å². The zero-order valence-corrected chi connectivity index (χ0v) is 14.2. The molecule has 5 nitrogen and oxygen atoms in total. The van der Waals surface area contributed by atoms with Gasteiger partial charge in [-0.05, 0) is 19.1 Å². The molecule has 0 unspecified atom stereocenters. The number of hydrogen-bond acceptors (Lipinski definition) is 3. The largest absolute Gasteiger partial charge is 0.274 e. The summed E-state index contributed by atoms with van der Waals surface area (Å²) in [5, 5.41) is 9.64. The van der Waals surface area contributed by atoms with Crippen LogP contribution in [0, 0.1) is 6.92 Å². The molecule has 0 aliphatic heterocycles. The molecule has 1 N–H and O–H groups in total.